The Morgan fingerprint density at radius 3 is 2.68 bits per heavy atom. The van der Waals surface area contributed by atoms with Crippen molar-refractivity contribution < 1.29 is 14.6 Å². The average molecular weight is 263 g/mol. The molecule has 2 atom stereocenters. The molecule has 1 saturated carbocycles. The molecule has 1 fully saturated rings. The Morgan fingerprint density at radius 1 is 1.37 bits per heavy atom. The number of carbonyl (C=O) groups excluding carboxylic acids is 1. The van der Waals surface area contributed by atoms with E-state index in [1.807, 2.05) is 30.3 Å². The van der Waals surface area contributed by atoms with Crippen LogP contribution in [0, 0.1) is 0 Å². The summed E-state index contributed by atoms with van der Waals surface area (Å²) in [6, 6.07) is 9.46. The van der Waals surface area contributed by atoms with Crippen molar-refractivity contribution in [2.45, 2.75) is 37.8 Å². The van der Waals surface area contributed by atoms with Crippen LogP contribution in [0.25, 0.3) is 0 Å². The highest BCUT2D eigenvalue weighted by Crippen LogP contribution is 2.29. The van der Waals surface area contributed by atoms with Crippen molar-refractivity contribution in [3.05, 3.63) is 30.3 Å². The minimum Gasteiger partial charge on any atom is -0.391 e. The zero-order valence-corrected chi connectivity index (χ0v) is 11.3. The van der Waals surface area contributed by atoms with Gasteiger partial charge in [-0.05, 0) is 31.4 Å². The van der Waals surface area contributed by atoms with Crippen LogP contribution in [0.4, 0.5) is 5.69 Å². The lowest BCUT2D eigenvalue weighted by Crippen LogP contribution is -2.45. The SMILES string of the molecule is COCCC(=O)N(c1ccccc1)C1CCCC1O. The van der Waals surface area contributed by atoms with Crippen LogP contribution < -0.4 is 4.90 Å². The number of rotatable bonds is 5. The topological polar surface area (TPSA) is 49.8 Å². The van der Waals surface area contributed by atoms with Crippen molar-refractivity contribution >= 4 is 11.6 Å². The summed E-state index contributed by atoms with van der Waals surface area (Å²) in [5.74, 6) is 0.0130. The van der Waals surface area contributed by atoms with Crippen LogP contribution in [0.15, 0.2) is 30.3 Å². The molecule has 0 saturated heterocycles. The molecule has 1 aliphatic rings. The van der Waals surface area contributed by atoms with Gasteiger partial charge in [-0.15, -0.1) is 0 Å². The third-order valence-corrected chi connectivity index (χ3v) is 3.60. The van der Waals surface area contributed by atoms with E-state index < -0.39 is 6.10 Å². The molecule has 2 unspecified atom stereocenters. The zero-order valence-electron chi connectivity index (χ0n) is 11.3. The highest BCUT2D eigenvalue weighted by Gasteiger charge is 2.34. The second-order valence-electron chi connectivity index (χ2n) is 4.91. The van der Waals surface area contributed by atoms with E-state index in [1.54, 1.807) is 12.0 Å². The number of methoxy groups -OCH3 is 1. The molecule has 4 nitrogen and oxygen atoms in total. The molecule has 0 bridgehead atoms. The number of aliphatic hydroxyl groups excluding tert-OH is 1. The Labute approximate surface area is 114 Å². The van der Waals surface area contributed by atoms with Gasteiger partial charge in [0.1, 0.15) is 0 Å². The quantitative estimate of drug-likeness (QED) is 0.883. The van der Waals surface area contributed by atoms with Gasteiger partial charge in [-0.1, -0.05) is 18.2 Å². The molecule has 2 rings (SSSR count). The Balaban J connectivity index is 2.20. The number of anilines is 1. The van der Waals surface area contributed by atoms with Crippen molar-refractivity contribution in [2.24, 2.45) is 0 Å². The molecular weight excluding hydrogens is 242 g/mol. The van der Waals surface area contributed by atoms with Gasteiger partial charge < -0.3 is 14.7 Å². The number of carbonyl (C=O) groups is 1. The van der Waals surface area contributed by atoms with Gasteiger partial charge in [0.25, 0.3) is 0 Å². The summed E-state index contributed by atoms with van der Waals surface area (Å²) in [5.41, 5.74) is 0.856. The summed E-state index contributed by atoms with van der Waals surface area (Å²) in [7, 11) is 1.59. The molecule has 4 heteroatoms. The summed E-state index contributed by atoms with van der Waals surface area (Å²) in [6.45, 7) is 0.408. The number of hydrogen-bond donors (Lipinski definition) is 1. The van der Waals surface area contributed by atoms with Gasteiger partial charge in [0.2, 0.25) is 5.91 Å². The Morgan fingerprint density at radius 2 is 2.11 bits per heavy atom. The normalized spacial score (nSPS) is 22.4. The van der Waals surface area contributed by atoms with Crippen molar-refractivity contribution in [3.63, 3.8) is 0 Å². The molecule has 0 spiro atoms. The molecule has 104 valence electrons. The van der Waals surface area contributed by atoms with Crippen LogP contribution in [-0.4, -0.2) is 36.9 Å². The second kappa shape index (κ2) is 6.68. The number of benzene rings is 1. The largest absolute Gasteiger partial charge is 0.391 e. The van der Waals surface area contributed by atoms with Crippen LogP contribution in [0.2, 0.25) is 0 Å². The van der Waals surface area contributed by atoms with Gasteiger partial charge in [-0.2, -0.15) is 0 Å². The molecule has 1 amide bonds. The van der Waals surface area contributed by atoms with E-state index in [2.05, 4.69) is 0 Å². The second-order valence-corrected chi connectivity index (χ2v) is 4.91. The van der Waals surface area contributed by atoms with Crippen molar-refractivity contribution in [3.8, 4) is 0 Å². The van der Waals surface area contributed by atoms with Crippen molar-refractivity contribution in [1.82, 2.24) is 0 Å². The number of para-hydroxylation sites is 1. The predicted octanol–water partition coefficient (Wildman–Crippen LogP) is 1.97. The van der Waals surface area contributed by atoms with Gasteiger partial charge in [0.15, 0.2) is 0 Å². The molecule has 0 heterocycles. The number of nitrogens with zero attached hydrogens (tertiary/aromatic N) is 1. The van der Waals surface area contributed by atoms with Gasteiger partial charge in [-0.25, -0.2) is 0 Å². The molecule has 1 aliphatic carbocycles. The summed E-state index contributed by atoms with van der Waals surface area (Å²) >= 11 is 0. The first kappa shape index (κ1) is 14.0. The fourth-order valence-corrected chi connectivity index (χ4v) is 2.64. The molecule has 1 N–H and O–H groups in total. The van der Waals surface area contributed by atoms with E-state index in [1.165, 1.54) is 0 Å². The van der Waals surface area contributed by atoms with Gasteiger partial charge in [-0.3, -0.25) is 4.79 Å². The maximum absolute atomic E-state index is 12.4. The minimum absolute atomic E-state index is 0.0130. The first-order chi connectivity index (χ1) is 9.24. The van der Waals surface area contributed by atoms with Crippen LogP contribution in [0.1, 0.15) is 25.7 Å². The van der Waals surface area contributed by atoms with E-state index in [-0.39, 0.29) is 11.9 Å². The third kappa shape index (κ3) is 3.33. The van der Waals surface area contributed by atoms with E-state index in [9.17, 15) is 9.90 Å². The summed E-state index contributed by atoms with van der Waals surface area (Å²) in [6.07, 6.45) is 2.51. The zero-order chi connectivity index (χ0) is 13.7. The lowest BCUT2D eigenvalue weighted by Gasteiger charge is -2.31. The molecule has 0 aromatic heterocycles. The summed E-state index contributed by atoms with van der Waals surface area (Å²) in [5, 5.41) is 10.1. The average Bonchev–Trinajstić information content (AvgIpc) is 2.84. The Hall–Kier alpha value is -1.39. The summed E-state index contributed by atoms with van der Waals surface area (Å²) < 4.78 is 4.98. The third-order valence-electron chi connectivity index (χ3n) is 3.60. The standard InChI is InChI=1S/C15H21NO3/c1-19-11-10-15(18)16(12-6-3-2-4-7-12)13-8-5-9-14(13)17/h2-4,6-7,13-14,17H,5,8-11H2,1H3. The molecule has 19 heavy (non-hydrogen) atoms. The maximum atomic E-state index is 12.4. The molecule has 1 aromatic rings. The van der Waals surface area contributed by atoms with E-state index in [4.69, 9.17) is 4.74 Å². The van der Waals surface area contributed by atoms with E-state index >= 15 is 0 Å². The molecule has 0 aliphatic heterocycles. The smallest absolute Gasteiger partial charge is 0.229 e. The van der Waals surface area contributed by atoms with Gasteiger partial charge in [0, 0.05) is 12.8 Å². The first-order valence-electron chi connectivity index (χ1n) is 6.78. The highest BCUT2D eigenvalue weighted by molar-refractivity contribution is 5.94. The van der Waals surface area contributed by atoms with Crippen LogP contribution >= 0.6 is 0 Å². The first-order valence-corrected chi connectivity index (χ1v) is 6.78. The number of ether oxygens (including phenoxy) is 1. The highest BCUT2D eigenvalue weighted by atomic mass is 16.5. The molecular formula is C15H21NO3. The van der Waals surface area contributed by atoms with Crippen molar-refractivity contribution in [1.29, 1.82) is 0 Å². The van der Waals surface area contributed by atoms with Gasteiger partial charge >= 0.3 is 0 Å². The lowest BCUT2D eigenvalue weighted by atomic mass is 10.1. The minimum atomic E-state index is -0.424. The Bertz CT molecular complexity index is 407. The maximum Gasteiger partial charge on any atom is 0.229 e. The van der Waals surface area contributed by atoms with Crippen molar-refractivity contribution in [2.75, 3.05) is 18.6 Å². The monoisotopic (exact) mass is 263 g/mol. The number of hydrogen-bond acceptors (Lipinski definition) is 3. The number of amides is 1. The number of aliphatic hydroxyl groups is 1. The van der Waals surface area contributed by atoms with Gasteiger partial charge in [0.05, 0.1) is 25.2 Å². The van der Waals surface area contributed by atoms with Crippen LogP contribution in [0.3, 0.4) is 0 Å². The lowest BCUT2D eigenvalue weighted by molar-refractivity contribution is -0.120. The van der Waals surface area contributed by atoms with Crippen LogP contribution in [0.5, 0.6) is 0 Å². The van der Waals surface area contributed by atoms with E-state index in [0.29, 0.717) is 13.0 Å². The fourth-order valence-electron chi connectivity index (χ4n) is 2.64. The fraction of sp³-hybridized carbons (Fsp3) is 0.533. The molecule has 1 aromatic carbocycles. The van der Waals surface area contributed by atoms with E-state index in [0.717, 1.165) is 24.9 Å². The Kier molecular flexibility index (Phi) is 4.93. The van der Waals surface area contributed by atoms with Crippen LogP contribution in [-0.2, 0) is 9.53 Å². The summed E-state index contributed by atoms with van der Waals surface area (Å²) in [4.78, 5) is 14.1. The molecule has 0 radical (unpaired) electrons. The predicted molar refractivity (Wildman–Crippen MR) is 74.1 cm³/mol.